The zero-order valence-corrected chi connectivity index (χ0v) is 12.5. The van der Waals surface area contributed by atoms with Crippen LogP contribution in [-0.2, 0) is 4.57 Å². The molecule has 0 saturated heterocycles. The van der Waals surface area contributed by atoms with Gasteiger partial charge in [-0.15, -0.1) is 0 Å². The van der Waals surface area contributed by atoms with Crippen LogP contribution in [0.5, 0.6) is 0 Å². The second kappa shape index (κ2) is 6.24. The maximum Gasteiger partial charge on any atom is 0.420 e. The molecule has 0 saturated carbocycles. The van der Waals surface area contributed by atoms with Crippen molar-refractivity contribution in [2.45, 2.75) is 34.1 Å². The lowest BCUT2D eigenvalue weighted by molar-refractivity contribution is 0.107. The first-order valence-electron chi connectivity index (χ1n) is 6.33. The lowest BCUT2D eigenvalue weighted by atomic mass is 9.86. The molecule has 1 rings (SSSR count). The van der Waals surface area contributed by atoms with E-state index in [1.165, 1.54) is 0 Å². The third kappa shape index (κ3) is 5.10. The number of carbonyl (C=O) groups excluding carboxylic acids is 1. The lowest BCUT2D eigenvalue weighted by Gasteiger charge is -2.20. The molecule has 0 amide bonds. The topological polar surface area (TPSA) is 34.1 Å². The van der Waals surface area contributed by atoms with E-state index in [1.54, 1.807) is 24.3 Å². The molecule has 18 heavy (non-hydrogen) atoms. The van der Waals surface area contributed by atoms with Crippen LogP contribution < -0.4 is 0 Å². The third-order valence-corrected chi connectivity index (χ3v) is 4.35. The monoisotopic (exact) mass is 265 g/mol. The second-order valence-electron chi connectivity index (χ2n) is 6.10. The molecule has 0 heterocycles. The first-order valence-corrected chi connectivity index (χ1v) is 7.78. The predicted octanol–water partition coefficient (Wildman–Crippen LogP) is 4.73. The van der Waals surface area contributed by atoms with E-state index in [4.69, 9.17) is 0 Å². The molecule has 1 aromatic carbocycles. The van der Waals surface area contributed by atoms with Crippen molar-refractivity contribution in [2.75, 3.05) is 6.16 Å². The summed E-state index contributed by atoms with van der Waals surface area (Å²) >= 11 is 0. The average molecular weight is 265 g/mol. The van der Waals surface area contributed by atoms with Crippen LogP contribution in [0.4, 0.5) is 0 Å². The van der Waals surface area contributed by atoms with Crippen LogP contribution >= 0.6 is 7.80 Å². The fourth-order valence-corrected chi connectivity index (χ4v) is 3.50. The van der Waals surface area contributed by atoms with Gasteiger partial charge in [-0.25, -0.2) is 4.79 Å². The van der Waals surface area contributed by atoms with Crippen molar-refractivity contribution in [3.63, 3.8) is 0 Å². The molecule has 0 aromatic heterocycles. The Morgan fingerprint density at radius 1 is 1.22 bits per heavy atom. The van der Waals surface area contributed by atoms with Gasteiger partial charge in [-0.1, -0.05) is 50.5 Å². The molecule has 0 radical (unpaired) electrons. The van der Waals surface area contributed by atoms with Crippen LogP contribution in [0.1, 0.15) is 44.5 Å². The van der Waals surface area contributed by atoms with Gasteiger partial charge >= 0.3 is 13.3 Å². The zero-order chi connectivity index (χ0) is 13.8. The van der Waals surface area contributed by atoms with Crippen molar-refractivity contribution in [3.8, 4) is 0 Å². The summed E-state index contributed by atoms with van der Waals surface area (Å²) in [6, 6.07) is 8.91. The summed E-state index contributed by atoms with van der Waals surface area (Å²) < 4.78 is 12.0. The molecular formula is C15H22O2P+. The minimum absolute atomic E-state index is 0.214. The van der Waals surface area contributed by atoms with Crippen LogP contribution in [0.3, 0.4) is 0 Å². The van der Waals surface area contributed by atoms with Crippen LogP contribution in [-0.4, -0.2) is 11.7 Å². The first-order chi connectivity index (χ1) is 8.29. The molecule has 0 N–H and O–H groups in total. The Bertz CT molecular complexity index is 418. The van der Waals surface area contributed by atoms with Gasteiger partial charge in [0.05, 0.1) is 5.56 Å². The maximum atomic E-state index is 12.0. The quantitative estimate of drug-likeness (QED) is 0.721. The van der Waals surface area contributed by atoms with Crippen molar-refractivity contribution in [1.29, 1.82) is 0 Å². The molecule has 0 fully saturated rings. The molecular weight excluding hydrogens is 243 g/mol. The molecule has 2 atom stereocenters. The van der Waals surface area contributed by atoms with Gasteiger partial charge in [0.15, 0.2) is 6.16 Å². The second-order valence-corrected chi connectivity index (χ2v) is 7.63. The SMILES string of the molecule is CC(C[P+](=O)C(=O)c1ccccc1)CC(C)(C)C. The predicted molar refractivity (Wildman–Crippen MR) is 76.5 cm³/mol. The largest absolute Gasteiger partial charge is 0.420 e. The Morgan fingerprint density at radius 3 is 2.28 bits per heavy atom. The fourth-order valence-electron chi connectivity index (χ4n) is 2.20. The van der Waals surface area contributed by atoms with E-state index in [0.717, 1.165) is 6.42 Å². The summed E-state index contributed by atoms with van der Waals surface area (Å²) in [4.78, 5) is 12.0. The molecule has 2 nitrogen and oxygen atoms in total. The standard InChI is InChI=1S/C15H22O2P/c1-12(10-15(2,3)4)11-18(17)14(16)13-8-6-5-7-9-13/h5-9,12H,10-11H2,1-4H3/q+1. The lowest BCUT2D eigenvalue weighted by Crippen LogP contribution is -2.13. The van der Waals surface area contributed by atoms with Crippen molar-refractivity contribution in [2.24, 2.45) is 11.3 Å². The van der Waals surface area contributed by atoms with Gasteiger partial charge in [-0.05, 0) is 24.0 Å². The van der Waals surface area contributed by atoms with Crippen molar-refractivity contribution in [3.05, 3.63) is 35.9 Å². The van der Waals surface area contributed by atoms with Crippen molar-refractivity contribution in [1.82, 2.24) is 0 Å². The Kier molecular flexibility index (Phi) is 5.22. The fraction of sp³-hybridized carbons (Fsp3) is 0.533. The number of rotatable bonds is 5. The van der Waals surface area contributed by atoms with Crippen LogP contribution in [0.25, 0.3) is 0 Å². The van der Waals surface area contributed by atoms with Crippen molar-refractivity contribution < 1.29 is 9.36 Å². The smallest absolute Gasteiger partial charge is 0.234 e. The van der Waals surface area contributed by atoms with Gasteiger partial charge in [0.25, 0.3) is 0 Å². The van der Waals surface area contributed by atoms with Crippen molar-refractivity contribution >= 4 is 13.3 Å². The van der Waals surface area contributed by atoms with E-state index in [0.29, 0.717) is 17.6 Å². The summed E-state index contributed by atoms with van der Waals surface area (Å²) in [5, 5.41) is 0. The van der Waals surface area contributed by atoms with E-state index in [1.807, 2.05) is 6.07 Å². The summed E-state index contributed by atoms with van der Waals surface area (Å²) in [7, 11) is -1.80. The first kappa shape index (κ1) is 15.0. The van der Waals surface area contributed by atoms with E-state index in [-0.39, 0.29) is 10.9 Å². The number of benzene rings is 1. The molecule has 0 aliphatic carbocycles. The summed E-state index contributed by atoms with van der Waals surface area (Å²) in [5.41, 5.74) is 0.554. The Morgan fingerprint density at radius 2 is 1.78 bits per heavy atom. The Balaban J connectivity index is 2.59. The molecule has 3 heteroatoms. The van der Waals surface area contributed by atoms with E-state index in [2.05, 4.69) is 27.7 Å². The minimum atomic E-state index is -1.80. The minimum Gasteiger partial charge on any atom is -0.234 e. The highest BCUT2D eigenvalue weighted by molar-refractivity contribution is 7.64. The number of carbonyl (C=O) groups is 1. The van der Waals surface area contributed by atoms with Gasteiger partial charge in [-0.3, -0.25) is 0 Å². The number of hydrogen-bond acceptors (Lipinski definition) is 2. The Hall–Kier alpha value is -1.01. The highest BCUT2D eigenvalue weighted by Crippen LogP contribution is 2.34. The van der Waals surface area contributed by atoms with Gasteiger partial charge in [-0.2, -0.15) is 0 Å². The molecule has 0 spiro atoms. The summed E-state index contributed by atoms with van der Waals surface area (Å²) in [5.74, 6) is 0.307. The molecule has 0 aliphatic rings. The average Bonchev–Trinajstić information content (AvgIpc) is 2.26. The molecule has 2 unspecified atom stereocenters. The maximum absolute atomic E-state index is 12.0. The van der Waals surface area contributed by atoms with Gasteiger partial charge in [0.2, 0.25) is 0 Å². The zero-order valence-electron chi connectivity index (χ0n) is 11.6. The normalized spacial score (nSPS) is 14.1. The highest BCUT2D eigenvalue weighted by atomic mass is 31.1. The Labute approximate surface area is 111 Å². The molecule has 98 valence electrons. The highest BCUT2D eigenvalue weighted by Gasteiger charge is 2.32. The molecule has 0 bridgehead atoms. The molecule has 1 aromatic rings. The van der Waals surface area contributed by atoms with E-state index < -0.39 is 7.80 Å². The van der Waals surface area contributed by atoms with Gasteiger partial charge < -0.3 is 0 Å². The number of hydrogen-bond donors (Lipinski definition) is 0. The summed E-state index contributed by atoms with van der Waals surface area (Å²) in [6.07, 6.45) is 1.47. The van der Waals surface area contributed by atoms with Crippen LogP contribution in [0, 0.1) is 11.3 Å². The van der Waals surface area contributed by atoms with Gasteiger partial charge in [0.1, 0.15) is 0 Å². The van der Waals surface area contributed by atoms with Crippen LogP contribution in [0.2, 0.25) is 0 Å². The van der Waals surface area contributed by atoms with Gasteiger partial charge in [0, 0.05) is 5.92 Å². The third-order valence-electron chi connectivity index (χ3n) is 2.69. The van der Waals surface area contributed by atoms with E-state index in [9.17, 15) is 9.36 Å². The molecule has 0 aliphatic heterocycles. The van der Waals surface area contributed by atoms with Crippen LogP contribution in [0.15, 0.2) is 30.3 Å². The van der Waals surface area contributed by atoms with E-state index >= 15 is 0 Å². The summed E-state index contributed by atoms with van der Waals surface area (Å²) in [6.45, 7) is 8.55.